The third-order valence-corrected chi connectivity index (χ3v) is 4.60. The summed E-state index contributed by atoms with van der Waals surface area (Å²) in [6, 6.07) is 0. The molecule has 0 bridgehead atoms. The van der Waals surface area contributed by atoms with E-state index < -0.39 is 11.7 Å². The van der Waals surface area contributed by atoms with Crippen molar-refractivity contribution in [3.8, 4) is 0 Å². The summed E-state index contributed by atoms with van der Waals surface area (Å²) in [5, 5.41) is 3.14. The summed E-state index contributed by atoms with van der Waals surface area (Å²) in [6.45, 7) is 1.54. The van der Waals surface area contributed by atoms with Crippen molar-refractivity contribution >= 4 is 5.91 Å². The summed E-state index contributed by atoms with van der Waals surface area (Å²) in [5.41, 5.74) is -1.85. The molecule has 1 N–H and O–H groups in total. The maximum Gasteiger partial charge on any atom is 0.411 e. The molecule has 0 aromatic rings. The van der Waals surface area contributed by atoms with Gasteiger partial charge in [-0.1, -0.05) is 0 Å². The topological polar surface area (TPSA) is 32.3 Å². The van der Waals surface area contributed by atoms with Crippen LogP contribution in [0.2, 0.25) is 0 Å². The van der Waals surface area contributed by atoms with E-state index in [0.29, 0.717) is 0 Å². The molecule has 3 nitrogen and oxygen atoms in total. The number of rotatable bonds is 2. The van der Waals surface area contributed by atoms with Crippen molar-refractivity contribution in [1.82, 2.24) is 10.2 Å². The van der Waals surface area contributed by atoms with Crippen LogP contribution in [-0.2, 0) is 4.79 Å². The van der Waals surface area contributed by atoms with Gasteiger partial charge in [0, 0.05) is 13.0 Å². The maximum absolute atomic E-state index is 12.9. The Morgan fingerprint density at radius 1 is 1.29 bits per heavy atom. The lowest BCUT2D eigenvalue weighted by atomic mass is 10.1. The van der Waals surface area contributed by atoms with E-state index in [4.69, 9.17) is 0 Å². The Hall–Kier alpha value is -0.780. The van der Waals surface area contributed by atoms with E-state index in [2.05, 4.69) is 5.32 Å². The molecule has 6 heteroatoms. The molecule has 2 atom stereocenters. The van der Waals surface area contributed by atoms with Gasteiger partial charge in [-0.25, -0.2) is 0 Å². The molecule has 2 saturated carbocycles. The molecule has 3 aliphatic rings. The molecule has 1 saturated heterocycles. The van der Waals surface area contributed by atoms with Crippen LogP contribution >= 0.6 is 0 Å². The Kier molecular flexibility index (Phi) is 2.10. The van der Waals surface area contributed by atoms with Crippen molar-refractivity contribution in [3.05, 3.63) is 0 Å². The third kappa shape index (κ3) is 1.42. The van der Waals surface area contributed by atoms with E-state index in [-0.39, 0.29) is 36.5 Å². The first-order valence-corrected chi connectivity index (χ1v) is 5.93. The summed E-state index contributed by atoms with van der Waals surface area (Å²) >= 11 is 0. The Bertz CT molecular complexity index is 354. The zero-order valence-corrected chi connectivity index (χ0v) is 9.55. The summed E-state index contributed by atoms with van der Waals surface area (Å²) < 4.78 is 38.6. The molecule has 0 aromatic carbocycles. The fourth-order valence-electron chi connectivity index (χ4n) is 3.15. The summed E-state index contributed by atoms with van der Waals surface area (Å²) in [6.07, 6.45) is -4.18. The van der Waals surface area contributed by atoms with Crippen LogP contribution < -0.4 is 5.32 Å². The molecule has 0 spiro atoms. The Balaban J connectivity index is 1.71. The number of carbonyl (C=O) groups excluding carboxylic acids is 1. The van der Waals surface area contributed by atoms with Gasteiger partial charge in [-0.2, -0.15) is 13.2 Å². The second-order valence-corrected chi connectivity index (χ2v) is 5.44. The second-order valence-electron chi connectivity index (χ2n) is 5.44. The van der Waals surface area contributed by atoms with Crippen LogP contribution in [0, 0.1) is 17.8 Å². The zero-order valence-electron chi connectivity index (χ0n) is 9.55. The van der Waals surface area contributed by atoms with E-state index in [9.17, 15) is 18.0 Å². The number of amides is 1. The lowest BCUT2D eigenvalue weighted by Gasteiger charge is -2.30. The number of hydrogen-bond acceptors (Lipinski definition) is 2. The van der Waals surface area contributed by atoms with Crippen LogP contribution in [0.3, 0.4) is 0 Å². The SMILES string of the molecule is CN(C(=O)C1C2CNCC21)C1(C(F)(F)F)CC1. The highest BCUT2D eigenvalue weighted by molar-refractivity contribution is 5.83. The molecule has 0 aromatic heterocycles. The van der Waals surface area contributed by atoms with E-state index in [1.165, 1.54) is 7.05 Å². The van der Waals surface area contributed by atoms with Crippen molar-refractivity contribution in [2.24, 2.45) is 17.8 Å². The highest BCUT2D eigenvalue weighted by atomic mass is 19.4. The van der Waals surface area contributed by atoms with Crippen LogP contribution in [0.1, 0.15) is 12.8 Å². The molecule has 1 heterocycles. The summed E-state index contributed by atoms with van der Waals surface area (Å²) in [5.74, 6) is 0.0698. The van der Waals surface area contributed by atoms with E-state index in [0.717, 1.165) is 18.0 Å². The first-order chi connectivity index (χ1) is 7.88. The van der Waals surface area contributed by atoms with Gasteiger partial charge in [0.15, 0.2) is 0 Å². The quantitative estimate of drug-likeness (QED) is 0.791. The van der Waals surface area contributed by atoms with Gasteiger partial charge in [0.1, 0.15) is 5.54 Å². The average Bonchev–Trinajstić information content (AvgIpc) is 3.13. The molecule has 1 aliphatic heterocycles. The minimum Gasteiger partial charge on any atom is -0.331 e. The van der Waals surface area contributed by atoms with Crippen LogP contribution in [0.15, 0.2) is 0 Å². The zero-order chi connectivity index (χ0) is 12.4. The first kappa shape index (κ1) is 11.3. The van der Waals surface area contributed by atoms with Gasteiger partial charge in [-0.3, -0.25) is 4.79 Å². The average molecular weight is 248 g/mol. The second kappa shape index (κ2) is 3.16. The van der Waals surface area contributed by atoms with Gasteiger partial charge in [-0.05, 0) is 37.8 Å². The first-order valence-electron chi connectivity index (χ1n) is 5.93. The molecule has 17 heavy (non-hydrogen) atoms. The van der Waals surface area contributed by atoms with Crippen molar-refractivity contribution in [2.45, 2.75) is 24.6 Å². The molecule has 3 fully saturated rings. The van der Waals surface area contributed by atoms with Gasteiger partial charge in [0.2, 0.25) is 5.91 Å². The number of nitrogens with one attached hydrogen (secondary N) is 1. The van der Waals surface area contributed by atoms with E-state index >= 15 is 0 Å². The fraction of sp³-hybridized carbons (Fsp3) is 0.909. The molecule has 0 radical (unpaired) electrons. The monoisotopic (exact) mass is 248 g/mol. The van der Waals surface area contributed by atoms with Crippen LogP contribution in [0.4, 0.5) is 13.2 Å². The third-order valence-electron chi connectivity index (χ3n) is 4.60. The molecular formula is C11H15F3N2O. The maximum atomic E-state index is 12.9. The molecule has 96 valence electrons. The lowest BCUT2D eigenvalue weighted by molar-refractivity contribution is -0.197. The predicted octanol–water partition coefficient (Wildman–Crippen LogP) is 1.01. The Morgan fingerprint density at radius 3 is 2.24 bits per heavy atom. The number of fused-ring (bicyclic) bond motifs is 1. The Morgan fingerprint density at radius 2 is 1.82 bits per heavy atom. The number of halogens is 3. The summed E-state index contributed by atoms with van der Waals surface area (Å²) in [7, 11) is 1.31. The summed E-state index contributed by atoms with van der Waals surface area (Å²) in [4.78, 5) is 13.0. The fourth-order valence-corrected chi connectivity index (χ4v) is 3.15. The van der Waals surface area contributed by atoms with E-state index in [1.54, 1.807) is 0 Å². The van der Waals surface area contributed by atoms with E-state index in [1.807, 2.05) is 0 Å². The van der Waals surface area contributed by atoms with Crippen molar-refractivity contribution in [2.75, 3.05) is 20.1 Å². The van der Waals surface area contributed by atoms with Crippen molar-refractivity contribution < 1.29 is 18.0 Å². The van der Waals surface area contributed by atoms with Crippen LogP contribution in [0.25, 0.3) is 0 Å². The Labute approximate surface area is 97.3 Å². The lowest BCUT2D eigenvalue weighted by Crippen LogP contribution is -2.50. The number of nitrogens with zero attached hydrogens (tertiary/aromatic N) is 1. The highest BCUT2D eigenvalue weighted by Gasteiger charge is 2.69. The molecule has 2 unspecified atom stereocenters. The smallest absolute Gasteiger partial charge is 0.331 e. The van der Waals surface area contributed by atoms with Gasteiger partial charge < -0.3 is 10.2 Å². The standard InChI is InChI=1S/C11H15F3N2O/c1-16(10(2-3-10)11(12,13)14)9(17)8-6-4-15-5-7(6)8/h6-8,15H,2-5H2,1H3. The van der Waals surface area contributed by atoms with Crippen LogP contribution in [-0.4, -0.2) is 42.7 Å². The van der Waals surface area contributed by atoms with Crippen molar-refractivity contribution in [3.63, 3.8) is 0 Å². The van der Waals surface area contributed by atoms with Gasteiger partial charge in [0.25, 0.3) is 0 Å². The predicted molar refractivity (Wildman–Crippen MR) is 54.1 cm³/mol. The molecular weight excluding hydrogens is 233 g/mol. The number of carbonyl (C=O) groups is 1. The molecule has 3 rings (SSSR count). The minimum absolute atomic E-state index is 0.0546. The normalized spacial score (nSPS) is 37.5. The van der Waals surface area contributed by atoms with Crippen LogP contribution in [0.5, 0.6) is 0 Å². The minimum atomic E-state index is -4.29. The molecule has 2 aliphatic carbocycles. The largest absolute Gasteiger partial charge is 0.411 e. The number of piperidine rings is 1. The molecule has 1 amide bonds. The number of alkyl halides is 3. The van der Waals surface area contributed by atoms with Gasteiger partial charge >= 0.3 is 6.18 Å². The van der Waals surface area contributed by atoms with Gasteiger partial charge in [-0.15, -0.1) is 0 Å². The number of hydrogen-bond donors (Lipinski definition) is 1. The van der Waals surface area contributed by atoms with Gasteiger partial charge in [0.05, 0.1) is 0 Å². The highest BCUT2D eigenvalue weighted by Crippen LogP contribution is 2.56. The van der Waals surface area contributed by atoms with Crippen molar-refractivity contribution in [1.29, 1.82) is 0 Å².